The Morgan fingerprint density at radius 3 is 2.43 bits per heavy atom. The Bertz CT molecular complexity index is 515. The lowest BCUT2D eigenvalue weighted by Crippen LogP contribution is -2.45. The van der Waals surface area contributed by atoms with Crippen molar-refractivity contribution in [2.45, 2.75) is 43.6 Å². The average Bonchev–Trinajstić information content (AvgIpc) is 2.88. The standard InChI is InChI=1S/C17H25NO3/c1-16(19)6-8-17(9-7-16,11-18(2)3)13-4-5-14-15(10-13)21-12-20-14/h4-5,10,19H,6-9,11-12H2,1-3H3/t16-,17-. The molecule has 4 nitrogen and oxygen atoms in total. The van der Waals surface area contributed by atoms with Gasteiger partial charge in [-0.15, -0.1) is 0 Å². The molecule has 0 aromatic heterocycles. The third-order valence-electron chi connectivity index (χ3n) is 4.89. The summed E-state index contributed by atoms with van der Waals surface area (Å²) in [6.45, 7) is 3.25. The molecule has 4 heteroatoms. The molecular formula is C17H25NO3. The molecule has 0 radical (unpaired) electrons. The maximum Gasteiger partial charge on any atom is 0.231 e. The summed E-state index contributed by atoms with van der Waals surface area (Å²) in [7, 11) is 4.23. The monoisotopic (exact) mass is 291 g/mol. The number of hydrogen-bond donors (Lipinski definition) is 1. The molecule has 1 aliphatic carbocycles. The molecule has 1 aromatic carbocycles. The first-order chi connectivity index (χ1) is 9.90. The van der Waals surface area contributed by atoms with E-state index >= 15 is 0 Å². The molecule has 2 aliphatic rings. The van der Waals surface area contributed by atoms with Crippen molar-refractivity contribution < 1.29 is 14.6 Å². The van der Waals surface area contributed by atoms with E-state index in [0.717, 1.165) is 43.7 Å². The highest BCUT2D eigenvalue weighted by Gasteiger charge is 2.41. The molecule has 0 atom stereocenters. The van der Waals surface area contributed by atoms with Gasteiger partial charge in [0.1, 0.15) is 0 Å². The van der Waals surface area contributed by atoms with Crippen LogP contribution in [0.4, 0.5) is 0 Å². The van der Waals surface area contributed by atoms with Gasteiger partial charge in [0.15, 0.2) is 11.5 Å². The predicted molar refractivity (Wildman–Crippen MR) is 81.9 cm³/mol. The quantitative estimate of drug-likeness (QED) is 0.929. The number of ether oxygens (including phenoxy) is 2. The third-order valence-corrected chi connectivity index (χ3v) is 4.89. The summed E-state index contributed by atoms with van der Waals surface area (Å²) in [4.78, 5) is 2.24. The fourth-order valence-electron chi connectivity index (χ4n) is 3.64. The highest BCUT2D eigenvalue weighted by molar-refractivity contribution is 5.47. The van der Waals surface area contributed by atoms with Crippen molar-refractivity contribution in [1.29, 1.82) is 0 Å². The first kappa shape index (κ1) is 14.7. The number of nitrogens with zero attached hydrogens (tertiary/aromatic N) is 1. The fourth-order valence-corrected chi connectivity index (χ4v) is 3.64. The molecule has 1 saturated carbocycles. The van der Waals surface area contributed by atoms with Gasteiger partial charge in [-0.2, -0.15) is 0 Å². The molecule has 0 bridgehead atoms. The SMILES string of the molecule is CN(C)C[C@]1(c2ccc3c(c2)OCO3)CC[C@](C)(O)CC1. The lowest BCUT2D eigenvalue weighted by molar-refractivity contribution is -0.00438. The topological polar surface area (TPSA) is 41.9 Å². The summed E-state index contributed by atoms with van der Waals surface area (Å²) in [5.41, 5.74) is 0.870. The van der Waals surface area contributed by atoms with Gasteiger partial charge in [0.25, 0.3) is 0 Å². The van der Waals surface area contributed by atoms with Crippen molar-refractivity contribution in [1.82, 2.24) is 4.90 Å². The summed E-state index contributed by atoms with van der Waals surface area (Å²) in [6.07, 6.45) is 3.68. The molecule has 0 unspecified atom stereocenters. The van der Waals surface area contributed by atoms with Crippen LogP contribution in [-0.4, -0.2) is 43.0 Å². The molecule has 3 rings (SSSR count). The summed E-state index contributed by atoms with van der Waals surface area (Å²) in [6, 6.07) is 6.31. The first-order valence-corrected chi connectivity index (χ1v) is 7.68. The van der Waals surface area contributed by atoms with E-state index in [-0.39, 0.29) is 5.41 Å². The molecule has 1 aliphatic heterocycles. The summed E-state index contributed by atoms with van der Waals surface area (Å²) < 4.78 is 11.0. The Labute approximate surface area is 126 Å². The van der Waals surface area contributed by atoms with Crippen molar-refractivity contribution in [3.63, 3.8) is 0 Å². The molecule has 116 valence electrons. The van der Waals surface area contributed by atoms with Gasteiger partial charge in [0, 0.05) is 12.0 Å². The number of benzene rings is 1. The second kappa shape index (κ2) is 5.18. The van der Waals surface area contributed by atoms with Crippen molar-refractivity contribution >= 4 is 0 Å². The van der Waals surface area contributed by atoms with Gasteiger partial charge in [-0.3, -0.25) is 0 Å². The second-order valence-electron chi connectivity index (χ2n) is 7.08. The van der Waals surface area contributed by atoms with Gasteiger partial charge in [0.2, 0.25) is 6.79 Å². The van der Waals surface area contributed by atoms with E-state index in [0.29, 0.717) is 6.79 Å². The molecule has 0 amide bonds. The molecule has 1 heterocycles. The van der Waals surface area contributed by atoms with Crippen LogP contribution >= 0.6 is 0 Å². The smallest absolute Gasteiger partial charge is 0.231 e. The first-order valence-electron chi connectivity index (χ1n) is 7.68. The van der Waals surface area contributed by atoms with Crippen LogP contribution in [0.1, 0.15) is 38.2 Å². The number of fused-ring (bicyclic) bond motifs is 1. The molecule has 1 fully saturated rings. The highest BCUT2D eigenvalue weighted by atomic mass is 16.7. The molecule has 1 N–H and O–H groups in total. The summed E-state index contributed by atoms with van der Waals surface area (Å²) >= 11 is 0. The predicted octanol–water partition coefficient (Wildman–Crippen LogP) is 2.54. The minimum absolute atomic E-state index is 0.0900. The lowest BCUT2D eigenvalue weighted by Gasteiger charge is -2.44. The van der Waals surface area contributed by atoms with Gasteiger partial charge in [0.05, 0.1) is 5.60 Å². The van der Waals surface area contributed by atoms with E-state index in [2.05, 4.69) is 31.1 Å². The Morgan fingerprint density at radius 1 is 1.10 bits per heavy atom. The van der Waals surface area contributed by atoms with Gasteiger partial charge in [-0.25, -0.2) is 0 Å². The zero-order valence-corrected chi connectivity index (χ0v) is 13.2. The summed E-state index contributed by atoms with van der Waals surface area (Å²) in [5.74, 6) is 1.68. The maximum atomic E-state index is 10.3. The summed E-state index contributed by atoms with van der Waals surface area (Å²) in [5, 5.41) is 10.3. The van der Waals surface area contributed by atoms with Crippen LogP contribution in [0, 0.1) is 0 Å². The lowest BCUT2D eigenvalue weighted by atomic mass is 9.65. The van der Waals surface area contributed by atoms with E-state index in [1.807, 2.05) is 13.0 Å². The minimum atomic E-state index is -0.522. The molecule has 0 saturated heterocycles. The third kappa shape index (κ3) is 2.87. The maximum absolute atomic E-state index is 10.3. The van der Waals surface area contributed by atoms with E-state index in [4.69, 9.17) is 9.47 Å². The molecule has 1 aromatic rings. The second-order valence-corrected chi connectivity index (χ2v) is 7.08. The van der Waals surface area contributed by atoms with Gasteiger partial charge in [-0.05, 0) is 64.4 Å². The molecule has 0 spiro atoms. The zero-order valence-electron chi connectivity index (χ0n) is 13.2. The normalized spacial score (nSPS) is 31.7. The Balaban J connectivity index is 1.92. The molecule has 21 heavy (non-hydrogen) atoms. The number of rotatable bonds is 3. The number of likely N-dealkylation sites (N-methyl/N-ethyl adjacent to an activating group) is 1. The number of hydrogen-bond acceptors (Lipinski definition) is 4. The Morgan fingerprint density at radius 2 is 1.76 bits per heavy atom. The van der Waals surface area contributed by atoms with E-state index in [9.17, 15) is 5.11 Å². The largest absolute Gasteiger partial charge is 0.454 e. The zero-order chi connectivity index (χ0) is 15.1. The number of aliphatic hydroxyl groups is 1. The van der Waals surface area contributed by atoms with Crippen LogP contribution in [-0.2, 0) is 5.41 Å². The molecular weight excluding hydrogens is 266 g/mol. The van der Waals surface area contributed by atoms with Crippen LogP contribution in [0.25, 0.3) is 0 Å². The van der Waals surface area contributed by atoms with Crippen LogP contribution in [0.2, 0.25) is 0 Å². The Kier molecular flexibility index (Phi) is 3.62. The van der Waals surface area contributed by atoms with Crippen LogP contribution in [0.3, 0.4) is 0 Å². The van der Waals surface area contributed by atoms with E-state index in [1.54, 1.807) is 0 Å². The minimum Gasteiger partial charge on any atom is -0.454 e. The van der Waals surface area contributed by atoms with Crippen molar-refractivity contribution in [2.75, 3.05) is 27.4 Å². The van der Waals surface area contributed by atoms with Gasteiger partial charge < -0.3 is 19.5 Å². The van der Waals surface area contributed by atoms with E-state index in [1.165, 1.54) is 5.56 Å². The average molecular weight is 291 g/mol. The highest BCUT2D eigenvalue weighted by Crippen LogP contribution is 2.46. The Hall–Kier alpha value is -1.26. The van der Waals surface area contributed by atoms with Crippen molar-refractivity contribution in [3.8, 4) is 11.5 Å². The van der Waals surface area contributed by atoms with Gasteiger partial charge in [-0.1, -0.05) is 6.07 Å². The van der Waals surface area contributed by atoms with Crippen molar-refractivity contribution in [2.24, 2.45) is 0 Å². The van der Waals surface area contributed by atoms with E-state index < -0.39 is 5.60 Å². The van der Waals surface area contributed by atoms with Gasteiger partial charge >= 0.3 is 0 Å². The van der Waals surface area contributed by atoms with Crippen LogP contribution in [0.15, 0.2) is 18.2 Å². The van der Waals surface area contributed by atoms with Crippen molar-refractivity contribution in [3.05, 3.63) is 23.8 Å². The van der Waals surface area contributed by atoms with Crippen LogP contribution < -0.4 is 9.47 Å². The fraction of sp³-hybridized carbons (Fsp3) is 0.647. The van der Waals surface area contributed by atoms with Crippen LogP contribution in [0.5, 0.6) is 11.5 Å².